The van der Waals surface area contributed by atoms with Crippen molar-refractivity contribution in [3.63, 3.8) is 0 Å². The first kappa shape index (κ1) is 16.2. The van der Waals surface area contributed by atoms with E-state index in [0.717, 1.165) is 0 Å². The minimum atomic E-state index is -0.636. The molecule has 0 aliphatic carbocycles. The lowest BCUT2D eigenvalue weighted by atomic mass is 10.2. The van der Waals surface area contributed by atoms with Crippen molar-refractivity contribution in [1.82, 2.24) is 9.97 Å². The fourth-order valence-electron chi connectivity index (χ4n) is 2.42. The van der Waals surface area contributed by atoms with E-state index in [-0.39, 0.29) is 42.7 Å². The number of morpholine rings is 1. The van der Waals surface area contributed by atoms with Gasteiger partial charge >= 0.3 is 5.69 Å². The zero-order valence-corrected chi connectivity index (χ0v) is 12.5. The average Bonchev–Trinajstić information content (AvgIpc) is 2.42. The maximum Gasteiger partial charge on any atom is 0.353 e. The van der Waals surface area contributed by atoms with Crippen LogP contribution in [0.4, 0.5) is 23.3 Å². The summed E-state index contributed by atoms with van der Waals surface area (Å²) in [5, 5.41) is 22.7. The number of hydrogen-bond donors (Lipinski definition) is 3. The highest BCUT2D eigenvalue weighted by molar-refractivity contribution is 5.70. The zero-order valence-electron chi connectivity index (χ0n) is 12.5. The second-order valence-corrected chi connectivity index (χ2v) is 5.18. The van der Waals surface area contributed by atoms with Crippen molar-refractivity contribution >= 4 is 23.3 Å². The second-order valence-electron chi connectivity index (χ2n) is 5.18. The van der Waals surface area contributed by atoms with Gasteiger partial charge in [0, 0.05) is 19.6 Å². The third-order valence-corrected chi connectivity index (χ3v) is 3.19. The molecule has 0 aromatic carbocycles. The van der Waals surface area contributed by atoms with E-state index in [1.54, 1.807) is 0 Å². The minimum absolute atomic E-state index is 0.00221. The third-order valence-electron chi connectivity index (χ3n) is 3.19. The van der Waals surface area contributed by atoms with Gasteiger partial charge in [-0.25, -0.2) is 0 Å². The van der Waals surface area contributed by atoms with Crippen molar-refractivity contribution in [1.29, 1.82) is 0 Å². The largest absolute Gasteiger partial charge is 0.395 e. The number of anilines is 3. The van der Waals surface area contributed by atoms with Crippen LogP contribution in [0.2, 0.25) is 0 Å². The number of nitro groups is 1. The molecule has 0 amide bonds. The van der Waals surface area contributed by atoms with Crippen LogP contribution in [0, 0.1) is 10.1 Å². The van der Waals surface area contributed by atoms with E-state index in [4.69, 9.17) is 15.6 Å². The van der Waals surface area contributed by atoms with Gasteiger partial charge in [0.2, 0.25) is 17.6 Å². The summed E-state index contributed by atoms with van der Waals surface area (Å²) in [6.45, 7) is 4.96. The molecule has 10 nitrogen and oxygen atoms in total. The van der Waals surface area contributed by atoms with Gasteiger partial charge in [0.1, 0.15) is 0 Å². The number of aliphatic hydroxyl groups is 1. The molecule has 0 spiro atoms. The van der Waals surface area contributed by atoms with Crippen molar-refractivity contribution in [3.05, 3.63) is 10.1 Å². The van der Waals surface area contributed by atoms with Gasteiger partial charge in [-0.1, -0.05) is 0 Å². The van der Waals surface area contributed by atoms with Crippen molar-refractivity contribution in [2.45, 2.75) is 26.1 Å². The van der Waals surface area contributed by atoms with E-state index in [9.17, 15) is 10.1 Å². The van der Waals surface area contributed by atoms with E-state index < -0.39 is 4.92 Å². The lowest BCUT2D eigenvalue weighted by molar-refractivity contribution is -0.383. The highest BCUT2D eigenvalue weighted by Crippen LogP contribution is 2.30. The number of aliphatic hydroxyl groups excluding tert-OH is 1. The highest BCUT2D eigenvalue weighted by Gasteiger charge is 2.28. The summed E-state index contributed by atoms with van der Waals surface area (Å²) >= 11 is 0. The van der Waals surface area contributed by atoms with Crippen LogP contribution in [0.3, 0.4) is 0 Å². The lowest BCUT2D eigenvalue weighted by Crippen LogP contribution is -2.46. The molecule has 0 unspecified atom stereocenters. The van der Waals surface area contributed by atoms with Gasteiger partial charge < -0.3 is 25.8 Å². The maximum atomic E-state index is 11.1. The van der Waals surface area contributed by atoms with Crippen LogP contribution in [-0.4, -0.2) is 58.4 Å². The summed E-state index contributed by atoms with van der Waals surface area (Å²) in [7, 11) is 0. The Morgan fingerprint density at radius 1 is 1.45 bits per heavy atom. The van der Waals surface area contributed by atoms with E-state index in [1.807, 2.05) is 18.7 Å². The first-order valence-corrected chi connectivity index (χ1v) is 6.99. The van der Waals surface area contributed by atoms with Gasteiger partial charge in [0.05, 0.1) is 23.7 Å². The van der Waals surface area contributed by atoms with Crippen molar-refractivity contribution in [3.8, 4) is 0 Å². The SMILES string of the molecule is C[C@H]1CN(c2nc(N)c([N+](=O)[O-])c(NCCO)n2)C[C@H](C)O1. The molecule has 1 aromatic heterocycles. The van der Waals surface area contributed by atoms with Gasteiger partial charge in [-0.2, -0.15) is 9.97 Å². The Bertz CT molecular complexity index is 545. The average molecular weight is 312 g/mol. The standard InChI is InChI=1S/C12H20N6O4/c1-7-5-17(6-8(2)22-7)12-15-10(13)9(18(20)21)11(16-12)14-3-4-19/h7-8,19H,3-6H2,1-2H3,(H3,13,14,15,16)/t7-,8-/m0/s1. The van der Waals surface area contributed by atoms with Gasteiger partial charge in [0.15, 0.2) is 0 Å². The van der Waals surface area contributed by atoms with Gasteiger partial charge in [-0.05, 0) is 13.8 Å². The van der Waals surface area contributed by atoms with Crippen LogP contribution < -0.4 is 16.0 Å². The Kier molecular flexibility index (Phi) is 4.93. The summed E-state index contributed by atoms with van der Waals surface area (Å²) in [4.78, 5) is 20.6. The van der Waals surface area contributed by atoms with E-state index >= 15 is 0 Å². The number of hydrogen-bond acceptors (Lipinski definition) is 9. The van der Waals surface area contributed by atoms with Gasteiger partial charge in [0.25, 0.3) is 0 Å². The van der Waals surface area contributed by atoms with E-state index in [0.29, 0.717) is 19.0 Å². The predicted molar refractivity (Wildman–Crippen MR) is 80.9 cm³/mol. The molecule has 4 N–H and O–H groups in total. The Balaban J connectivity index is 2.36. The predicted octanol–water partition coefficient (Wildman–Crippen LogP) is -0.0152. The summed E-state index contributed by atoms with van der Waals surface area (Å²) < 4.78 is 5.64. The Morgan fingerprint density at radius 3 is 2.64 bits per heavy atom. The monoisotopic (exact) mass is 312 g/mol. The van der Waals surface area contributed by atoms with Gasteiger partial charge in [-0.15, -0.1) is 0 Å². The summed E-state index contributed by atoms with van der Waals surface area (Å²) in [5.41, 5.74) is 5.33. The molecular formula is C12H20N6O4. The van der Waals surface area contributed by atoms with Crippen LogP contribution >= 0.6 is 0 Å². The molecule has 1 aliphatic rings. The summed E-state index contributed by atoms with van der Waals surface area (Å²) in [5.74, 6) is 0.112. The second kappa shape index (κ2) is 6.71. The lowest BCUT2D eigenvalue weighted by Gasteiger charge is -2.35. The number of rotatable bonds is 5. The number of nitrogens with one attached hydrogen (secondary N) is 1. The first-order valence-electron chi connectivity index (χ1n) is 6.99. The number of aromatic nitrogens is 2. The molecule has 0 radical (unpaired) electrons. The quantitative estimate of drug-likeness (QED) is 0.505. The molecular weight excluding hydrogens is 292 g/mol. The molecule has 2 heterocycles. The molecule has 1 aromatic rings. The topological polar surface area (TPSA) is 140 Å². The molecule has 1 fully saturated rings. The zero-order chi connectivity index (χ0) is 16.3. The number of nitrogens with two attached hydrogens (primary N) is 1. The first-order chi connectivity index (χ1) is 10.4. The smallest absolute Gasteiger partial charge is 0.353 e. The maximum absolute atomic E-state index is 11.1. The molecule has 122 valence electrons. The Morgan fingerprint density at radius 2 is 2.09 bits per heavy atom. The highest BCUT2D eigenvalue weighted by atomic mass is 16.6. The van der Waals surface area contributed by atoms with E-state index in [1.165, 1.54) is 0 Å². The minimum Gasteiger partial charge on any atom is -0.395 e. The van der Waals surface area contributed by atoms with Crippen LogP contribution in [0.1, 0.15) is 13.8 Å². The molecule has 1 saturated heterocycles. The summed E-state index contributed by atoms with van der Waals surface area (Å²) in [6.07, 6.45) is -0.00441. The number of ether oxygens (including phenoxy) is 1. The molecule has 1 aliphatic heterocycles. The van der Waals surface area contributed by atoms with Gasteiger partial charge in [-0.3, -0.25) is 10.1 Å². The van der Waals surface area contributed by atoms with Crippen molar-refractivity contribution < 1.29 is 14.8 Å². The van der Waals surface area contributed by atoms with Crippen LogP contribution in [0.15, 0.2) is 0 Å². The number of nitrogen functional groups attached to an aromatic ring is 1. The molecule has 22 heavy (non-hydrogen) atoms. The third kappa shape index (κ3) is 3.52. The van der Waals surface area contributed by atoms with Crippen LogP contribution in [-0.2, 0) is 4.74 Å². The van der Waals surface area contributed by atoms with Crippen LogP contribution in [0.25, 0.3) is 0 Å². The van der Waals surface area contributed by atoms with Crippen LogP contribution in [0.5, 0.6) is 0 Å². The van der Waals surface area contributed by atoms with Crippen molar-refractivity contribution in [2.24, 2.45) is 0 Å². The fraction of sp³-hybridized carbons (Fsp3) is 0.667. The molecule has 0 bridgehead atoms. The molecule has 10 heteroatoms. The normalized spacial score (nSPS) is 21.7. The Labute approximate surface area is 127 Å². The van der Waals surface area contributed by atoms with Crippen molar-refractivity contribution in [2.75, 3.05) is 42.2 Å². The molecule has 0 saturated carbocycles. The molecule has 2 rings (SSSR count). The Hall–Kier alpha value is -2.20. The summed E-state index contributed by atoms with van der Waals surface area (Å²) in [6, 6.07) is 0. The van der Waals surface area contributed by atoms with E-state index in [2.05, 4.69) is 15.3 Å². The molecule has 2 atom stereocenters. The number of nitrogens with zero attached hydrogens (tertiary/aromatic N) is 4. The fourth-order valence-corrected chi connectivity index (χ4v) is 2.42.